The van der Waals surface area contributed by atoms with Crippen molar-refractivity contribution < 1.29 is 16.8 Å². The fourth-order valence-electron chi connectivity index (χ4n) is 2.89. The van der Waals surface area contributed by atoms with Crippen LogP contribution in [0.3, 0.4) is 0 Å². The minimum absolute atomic E-state index is 0.211. The van der Waals surface area contributed by atoms with Gasteiger partial charge in [0.1, 0.15) is 0 Å². The summed E-state index contributed by atoms with van der Waals surface area (Å²) in [6.07, 6.45) is 0.853. The van der Waals surface area contributed by atoms with Crippen LogP contribution in [-0.2, 0) is 20.0 Å². The number of hydrogen-bond donors (Lipinski definition) is 1. The second kappa shape index (κ2) is 7.77. The lowest BCUT2D eigenvalue weighted by Gasteiger charge is -2.31. The lowest BCUT2D eigenvalue weighted by molar-refractivity contribution is 0.308. The lowest BCUT2D eigenvalue weighted by Crippen LogP contribution is -2.46. The number of piperidine rings is 1. The largest absolute Gasteiger partial charge is 0.244 e. The monoisotopic (exact) mass is 458 g/mol. The fourth-order valence-corrected chi connectivity index (χ4v) is 6.65. The van der Waals surface area contributed by atoms with Crippen LogP contribution in [0.4, 0.5) is 0 Å². The number of sulfonamides is 2. The number of hydrogen-bond acceptors (Lipinski definition) is 4. The summed E-state index contributed by atoms with van der Waals surface area (Å²) in [5, 5.41) is 0. The summed E-state index contributed by atoms with van der Waals surface area (Å²) in [5.41, 5.74) is 0. The maximum absolute atomic E-state index is 12.8. The number of benzene rings is 2. The van der Waals surface area contributed by atoms with Gasteiger partial charge in [0.05, 0.1) is 9.79 Å². The SMILES string of the molecule is O=S(=O)(NC1CCN(S(=O)(=O)c2ccccc2Br)CC1)c1ccccc1. The molecule has 1 fully saturated rings. The van der Waals surface area contributed by atoms with E-state index >= 15 is 0 Å². The van der Waals surface area contributed by atoms with Crippen molar-refractivity contribution in [2.45, 2.75) is 28.7 Å². The number of nitrogens with zero attached hydrogens (tertiary/aromatic N) is 1. The molecule has 6 nitrogen and oxygen atoms in total. The van der Waals surface area contributed by atoms with Gasteiger partial charge in [0.25, 0.3) is 0 Å². The van der Waals surface area contributed by atoms with Crippen LogP contribution >= 0.6 is 15.9 Å². The Morgan fingerprint density at radius 2 is 1.46 bits per heavy atom. The van der Waals surface area contributed by atoms with Gasteiger partial charge < -0.3 is 0 Å². The Bertz CT molecular complexity index is 971. The predicted molar refractivity (Wildman–Crippen MR) is 103 cm³/mol. The topological polar surface area (TPSA) is 83.6 Å². The first-order valence-corrected chi connectivity index (χ1v) is 11.8. The quantitative estimate of drug-likeness (QED) is 0.745. The number of rotatable bonds is 5. The van der Waals surface area contributed by atoms with Gasteiger partial charge in [-0.2, -0.15) is 4.31 Å². The molecule has 0 unspecified atom stereocenters. The highest BCUT2D eigenvalue weighted by molar-refractivity contribution is 9.10. The molecule has 0 saturated carbocycles. The second-order valence-corrected chi connectivity index (χ2v) is 10.5. The molecule has 2 aromatic carbocycles. The zero-order chi connectivity index (χ0) is 18.8. The van der Waals surface area contributed by atoms with Crippen LogP contribution in [0.15, 0.2) is 68.9 Å². The van der Waals surface area contributed by atoms with E-state index in [1.54, 1.807) is 42.5 Å². The van der Waals surface area contributed by atoms with Crippen LogP contribution in [0.5, 0.6) is 0 Å². The molecular formula is C17H19BrN2O4S2. The fraction of sp³-hybridized carbons (Fsp3) is 0.294. The Morgan fingerprint density at radius 1 is 0.885 bits per heavy atom. The molecule has 140 valence electrons. The maximum atomic E-state index is 12.8. The zero-order valence-corrected chi connectivity index (χ0v) is 17.1. The average Bonchev–Trinajstić information content (AvgIpc) is 2.63. The molecule has 0 bridgehead atoms. The molecule has 0 spiro atoms. The van der Waals surface area contributed by atoms with Gasteiger partial charge in [-0.15, -0.1) is 0 Å². The van der Waals surface area contributed by atoms with Crippen molar-refractivity contribution in [2.24, 2.45) is 0 Å². The summed E-state index contributed by atoms with van der Waals surface area (Å²) >= 11 is 3.28. The molecular weight excluding hydrogens is 440 g/mol. The molecule has 0 aliphatic carbocycles. The van der Waals surface area contributed by atoms with Gasteiger partial charge in [-0.05, 0) is 53.0 Å². The van der Waals surface area contributed by atoms with Crippen LogP contribution in [-0.4, -0.2) is 40.3 Å². The van der Waals surface area contributed by atoms with E-state index < -0.39 is 20.0 Å². The third-order valence-corrected chi connectivity index (χ3v) is 8.73. The first-order valence-electron chi connectivity index (χ1n) is 8.13. The van der Waals surface area contributed by atoms with Crippen molar-refractivity contribution in [3.8, 4) is 0 Å². The van der Waals surface area contributed by atoms with E-state index in [4.69, 9.17) is 0 Å². The molecule has 2 aromatic rings. The van der Waals surface area contributed by atoms with Crippen LogP contribution in [0, 0.1) is 0 Å². The van der Waals surface area contributed by atoms with Gasteiger partial charge in [-0.1, -0.05) is 30.3 Å². The summed E-state index contributed by atoms with van der Waals surface area (Å²) < 4.78 is 54.9. The average molecular weight is 459 g/mol. The van der Waals surface area contributed by atoms with E-state index in [0.717, 1.165) is 0 Å². The van der Waals surface area contributed by atoms with Gasteiger partial charge in [0.2, 0.25) is 20.0 Å². The van der Waals surface area contributed by atoms with Crippen molar-refractivity contribution in [3.05, 3.63) is 59.1 Å². The Hall–Kier alpha value is -1.26. The van der Waals surface area contributed by atoms with Crippen LogP contribution < -0.4 is 4.72 Å². The third kappa shape index (κ3) is 4.17. The summed E-state index contributed by atoms with van der Waals surface area (Å²) in [4.78, 5) is 0.437. The normalized spacial score (nSPS) is 17.3. The molecule has 0 radical (unpaired) electrons. The highest BCUT2D eigenvalue weighted by Crippen LogP contribution is 2.27. The standard InChI is InChI=1S/C17H19BrN2O4S2/c18-16-8-4-5-9-17(16)26(23,24)20-12-10-14(11-13-20)19-25(21,22)15-6-2-1-3-7-15/h1-9,14,19H,10-13H2. The Morgan fingerprint density at radius 3 is 2.08 bits per heavy atom. The van der Waals surface area contributed by atoms with E-state index in [2.05, 4.69) is 20.7 Å². The van der Waals surface area contributed by atoms with Crippen molar-refractivity contribution in [3.63, 3.8) is 0 Å². The van der Waals surface area contributed by atoms with E-state index in [9.17, 15) is 16.8 Å². The lowest BCUT2D eigenvalue weighted by atomic mass is 10.1. The van der Waals surface area contributed by atoms with Crippen LogP contribution in [0.25, 0.3) is 0 Å². The second-order valence-electron chi connectivity index (χ2n) is 6.04. The van der Waals surface area contributed by atoms with Gasteiger partial charge >= 0.3 is 0 Å². The maximum Gasteiger partial charge on any atom is 0.244 e. The van der Waals surface area contributed by atoms with Crippen molar-refractivity contribution in [1.82, 2.24) is 9.03 Å². The van der Waals surface area contributed by atoms with Crippen LogP contribution in [0.2, 0.25) is 0 Å². The van der Waals surface area contributed by atoms with Gasteiger partial charge in [-0.3, -0.25) is 0 Å². The Balaban J connectivity index is 1.67. The van der Waals surface area contributed by atoms with E-state index in [-0.39, 0.29) is 28.9 Å². The predicted octanol–water partition coefficient (Wildman–Crippen LogP) is 2.58. The molecule has 3 rings (SSSR count). The number of halogens is 1. The molecule has 0 aromatic heterocycles. The first kappa shape index (κ1) is 19.5. The zero-order valence-electron chi connectivity index (χ0n) is 13.9. The molecule has 1 N–H and O–H groups in total. The summed E-state index contributed by atoms with van der Waals surface area (Å²) in [7, 11) is -7.20. The minimum atomic E-state index is -3.60. The highest BCUT2D eigenvalue weighted by Gasteiger charge is 2.32. The smallest absolute Gasteiger partial charge is 0.208 e. The number of nitrogens with one attached hydrogen (secondary N) is 1. The summed E-state index contributed by atoms with van der Waals surface area (Å²) in [5.74, 6) is 0. The molecule has 0 amide bonds. The van der Waals surface area contributed by atoms with Crippen molar-refractivity contribution in [2.75, 3.05) is 13.1 Å². The van der Waals surface area contributed by atoms with Gasteiger partial charge in [0.15, 0.2) is 0 Å². The first-order chi connectivity index (χ1) is 12.3. The molecule has 1 heterocycles. The molecule has 9 heteroatoms. The molecule has 0 atom stereocenters. The minimum Gasteiger partial charge on any atom is -0.208 e. The van der Waals surface area contributed by atoms with E-state index in [1.807, 2.05) is 0 Å². The van der Waals surface area contributed by atoms with Crippen molar-refractivity contribution >= 4 is 36.0 Å². The Kier molecular flexibility index (Phi) is 5.83. The Labute approximate surface area is 162 Å². The van der Waals surface area contributed by atoms with E-state index in [0.29, 0.717) is 17.3 Å². The molecule has 1 aliphatic heterocycles. The molecule has 26 heavy (non-hydrogen) atoms. The molecule has 1 saturated heterocycles. The van der Waals surface area contributed by atoms with Crippen LogP contribution in [0.1, 0.15) is 12.8 Å². The van der Waals surface area contributed by atoms with E-state index in [1.165, 1.54) is 16.4 Å². The highest BCUT2D eigenvalue weighted by atomic mass is 79.9. The summed E-state index contributed by atoms with van der Waals surface area (Å²) in [6, 6.07) is 14.6. The summed E-state index contributed by atoms with van der Waals surface area (Å²) in [6.45, 7) is 0.539. The van der Waals surface area contributed by atoms with Crippen molar-refractivity contribution in [1.29, 1.82) is 0 Å². The van der Waals surface area contributed by atoms with Gasteiger partial charge in [0, 0.05) is 23.6 Å². The third-order valence-electron chi connectivity index (χ3n) is 4.28. The molecule has 1 aliphatic rings. The van der Waals surface area contributed by atoms with Gasteiger partial charge in [-0.25, -0.2) is 21.6 Å².